The molecule has 0 heterocycles. The van der Waals surface area contributed by atoms with E-state index in [4.69, 9.17) is 9.47 Å². The van der Waals surface area contributed by atoms with Gasteiger partial charge in [0, 0.05) is 18.2 Å². The molecular formula is C18H18N2O6. The number of carbonyl (C=O) groups is 2. The molecule has 0 spiro atoms. The Labute approximate surface area is 149 Å². The van der Waals surface area contributed by atoms with Crippen LogP contribution in [0, 0.1) is 10.1 Å². The minimum Gasteiger partial charge on any atom is -0.497 e. The summed E-state index contributed by atoms with van der Waals surface area (Å²) in [5.41, 5.74) is 0.773. The first kappa shape index (κ1) is 18.9. The van der Waals surface area contributed by atoms with Gasteiger partial charge in [0.05, 0.1) is 24.0 Å². The number of nitrogens with one attached hydrogen (secondary N) is 1. The summed E-state index contributed by atoms with van der Waals surface area (Å²) < 4.78 is 10.0. The normalized spacial score (nSPS) is 10.0. The summed E-state index contributed by atoms with van der Waals surface area (Å²) in [6.07, 6.45) is -0.176. The number of hydrogen-bond acceptors (Lipinski definition) is 6. The van der Waals surface area contributed by atoms with Gasteiger partial charge >= 0.3 is 5.97 Å². The summed E-state index contributed by atoms with van der Waals surface area (Å²) in [6, 6.07) is 12.8. The van der Waals surface area contributed by atoms with Crippen molar-refractivity contribution in [1.82, 2.24) is 0 Å². The van der Waals surface area contributed by atoms with Crippen molar-refractivity contribution in [3.8, 4) is 5.75 Å². The van der Waals surface area contributed by atoms with Crippen LogP contribution in [0.4, 0.5) is 11.4 Å². The Morgan fingerprint density at radius 2 is 1.77 bits per heavy atom. The SMILES string of the molecule is COc1ccc(NC(=O)CCC(=O)OCc2ccccc2[N+](=O)[O-])cc1. The van der Waals surface area contributed by atoms with Crippen LogP contribution in [0.15, 0.2) is 48.5 Å². The first-order valence-corrected chi connectivity index (χ1v) is 7.81. The van der Waals surface area contributed by atoms with Crippen molar-refractivity contribution in [3.63, 3.8) is 0 Å². The van der Waals surface area contributed by atoms with Gasteiger partial charge in [0.15, 0.2) is 0 Å². The highest BCUT2D eigenvalue weighted by molar-refractivity contribution is 5.92. The fourth-order valence-electron chi connectivity index (χ4n) is 2.15. The molecule has 2 rings (SSSR count). The molecule has 0 aromatic heterocycles. The standard InChI is InChI=1S/C18H18N2O6/c1-25-15-8-6-14(7-9-15)19-17(21)10-11-18(22)26-12-13-4-2-3-5-16(13)20(23)24/h2-9H,10-12H2,1H3,(H,19,21). The third kappa shape index (κ3) is 5.59. The van der Waals surface area contributed by atoms with E-state index in [1.165, 1.54) is 18.2 Å². The quantitative estimate of drug-likeness (QED) is 0.441. The van der Waals surface area contributed by atoms with Gasteiger partial charge in [-0.2, -0.15) is 0 Å². The average Bonchev–Trinajstić information content (AvgIpc) is 2.65. The van der Waals surface area contributed by atoms with Crippen LogP contribution < -0.4 is 10.1 Å². The van der Waals surface area contributed by atoms with Crippen molar-refractivity contribution in [2.24, 2.45) is 0 Å². The van der Waals surface area contributed by atoms with Gasteiger partial charge in [0.1, 0.15) is 12.4 Å². The second kappa shape index (κ2) is 9.16. The summed E-state index contributed by atoms with van der Waals surface area (Å²) >= 11 is 0. The average molecular weight is 358 g/mol. The molecule has 8 heteroatoms. The van der Waals surface area contributed by atoms with Crippen LogP contribution in [0.2, 0.25) is 0 Å². The molecule has 0 atom stereocenters. The van der Waals surface area contributed by atoms with E-state index in [1.54, 1.807) is 37.4 Å². The maximum atomic E-state index is 11.8. The van der Waals surface area contributed by atoms with Crippen LogP contribution in [0.3, 0.4) is 0 Å². The molecule has 136 valence electrons. The number of amides is 1. The molecule has 0 bridgehead atoms. The van der Waals surface area contributed by atoms with Crippen LogP contribution in [-0.2, 0) is 20.9 Å². The smallest absolute Gasteiger partial charge is 0.306 e. The zero-order chi connectivity index (χ0) is 18.9. The lowest BCUT2D eigenvalue weighted by molar-refractivity contribution is -0.385. The molecule has 0 unspecified atom stereocenters. The zero-order valence-corrected chi connectivity index (χ0v) is 14.1. The van der Waals surface area contributed by atoms with E-state index in [0.29, 0.717) is 17.0 Å². The van der Waals surface area contributed by atoms with Gasteiger partial charge in [0.2, 0.25) is 5.91 Å². The fourth-order valence-corrected chi connectivity index (χ4v) is 2.15. The Morgan fingerprint density at radius 1 is 1.08 bits per heavy atom. The second-order valence-corrected chi connectivity index (χ2v) is 5.32. The van der Waals surface area contributed by atoms with Crippen LogP contribution in [0.1, 0.15) is 18.4 Å². The minimum absolute atomic E-state index is 0.0538. The number of rotatable bonds is 8. The third-order valence-corrected chi connectivity index (χ3v) is 3.51. The Balaban J connectivity index is 1.77. The lowest BCUT2D eigenvalue weighted by Gasteiger charge is -2.07. The molecule has 2 aromatic rings. The van der Waals surface area contributed by atoms with Crippen molar-refractivity contribution in [3.05, 3.63) is 64.2 Å². The second-order valence-electron chi connectivity index (χ2n) is 5.32. The number of hydrogen-bond donors (Lipinski definition) is 1. The van der Waals surface area contributed by atoms with E-state index < -0.39 is 10.9 Å². The highest BCUT2D eigenvalue weighted by Crippen LogP contribution is 2.19. The van der Waals surface area contributed by atoms with E-state index in [0.717, 1.165) is 0 Å². The van der Waals surface area contributed by atoms with E-state index in [1.807, 2.05) is 0 Å². The van der Waals surface area contributed by atoms with Crippen molar-refractivity contribution in [2.45, 2.75) is 19.4 Å². The molecule has 0 saturated heterocycles. The lowest BCUT2D eigenvalue weighted by atomic mass is 10.2. The largest absolute Gasteiger partial charge is 0.497 e. The number of ether oxygens (including phenoxy) is 2. The number of nitrogens with zero attached hydrogens (tertiary/aromatic N) is 1. The summed E-state index contributed by atoms with van der Waals surface area (Å²) in [5.74, 6) is -0.271. The van der Waals surface area contributed by atoms with Crippen molar-refractivity contribution >= 4 is 23.3 Å². The van der Waals surface area contributed by atoms with Crippen LogP contribution >= 0.6 is 0 Å². The van der Waals surface area contributed by atoms with Gasteiger partial charge in [-0.3, -0.25) is 19.7 Å². The monoisotopic (exact) mass is 358 g/mol. The lowest BCUT2D eigenvalue weighted by Crippen LogP contribution is -2.14. The fraction of sp³-hybridized carbons (Fsp3) is 0.222. The van der Waals surface area contributed by atoms with Gasteiger partial charge in [-0.25, -0.2) is 0 Å². The number of carbonyl (C=O) groups excluding carboxylic acids is 2. The van der Waals surface area contributed by atoms with Crippen LogP contribution in [0.25, 0.3) is 0 Å². The molecule has 26 heavy (non-hydrogen) atoms. The van der Waals surface area contributed by atoms with E-state index in [9.17, 15) is 19.7 Å². The maximum absolute atomic E-state index is 11.8. The Hall–Kier alpha value is -3.42. The van der Waals surface area contributed by atoms with Gasteiger partial charge in [-0.15, -0.1) is 0 Å². The number of nitro groups is 1. The highest BCUT2D eigenvalue weighted by atomic mass is 16.6. The number of para-hydroxylation sites is 1. The van der Waals surface area contributed by atoms with Gasteiger partial charge in [-0.05, 0) is 30.3 Å². The Kier molecular flexibility index (Phi) is 6.67. The molecular weight excluding hydrogens is 340 g/mol. The molecule has 0 aliphatic carbocycles. The molecule has 2 aromatic carbocycles. The Morgan fingerprint density at radius 3 is 2.42 bits per heavy atom. The number of benzene rings is 2. The van der Waals surface area contributed by atoms with Gasteiger partial charge < -0.3 is 14.8 Å². The maximum Gasteiger partial charge on any atom is 0.306 e. The summed E-state index contributed by atoms with van der Waals surface area (Å²) in [4.78, 5) is 34.0. The van der Waals surface area contributed by atoms with Crippen LogP contribution in [0.5, 0.6) is 5.75 Å². The topological polar surface area (TPSA) is 108 Å². The number of nitro benzene ring substituents is 1. The third-order valence-electron chi connectivity index (χ3n) is 3.51. The van der Waals surface area contributed by atoms with Gasteiger partial charge in [0.25, 0.3) is 5.69 Å². The Bertz CT molecular complexity index is 789. The van der Waals surface area contributed by atoms with E-state index in [-0.39, 0.29) is 31.0 Å². The first-order valence-electron chi connectivity index (χ1n) is 7.81. The zero-order valence-electron chi connectivity index (χ0n) is 14.1. The number of anilines is 1. The van der Waals surface area contributed by atoms with Crippen molar-refractivity contribution in [1.29, 1.82) is 0 Å². The number of esters is 1. The minimum atomic E-state index is -0.604. The highest BCUT2D eigenvalue weighted by Gasteiger charge is 2.15. The van der Waals surface area contributed by atoms with Crippen molar-refractivity contribution < 1.29 is 24.0 Å². The van der Waals surface area contributed by atoms with Crippen LogP contribution in [-0.4, -0.2) is 23.9 Å². The molecule has 0 fully saturated rings. The summed E-state index contributed by atoms with van der Waals surface area (Å²) in [6.45, 7) is -0.212. The summed E-state index contributed by atoms with van der Waals surface area (Å²) in [5, 5.41) is 13.6. The predicted octanol–water partition coefficient (Wildman–Crippen LogP) is 3.07. The van der Waals surface area contributed by atoms with Crippen molar-refractivity contribution in [2.75, 3.05) is 12.4 Å². The molecule has 0 radical (unpaired) electrons. The van der Waals surface area contributed by atoms with E-state index in [2.05, 4.69) is 5.32 Å². The number of methoxy groups -OCH3 is 1. The van der Waals surface area contributed by atoms with E-state index >= 15 is 0 Å². The van der Waals surface area contributed by atoms with Gasteiger partial charge in [-0.1, -0.05) is 12.1 Å². The first-order chi connectivity index (χ1) is 12.5. The predicted molar refractivity (Wildman–Crippen MR) is 93.8 cm³/mol. The molecule has 1 amide bonds. The molecule has 0 aliphatic rings. The molecule has 0 aliphatic heterocycles. The summed E-state index contributed by atoms with van der Waals surface area (Å²) in [7, 11) is 1.54. The molecule has 1 N–H and O–H groups in total. The molecule has 8 nitrogen and oxygen atoms in total. The molecule has 0 saturated carbocycles.